The van der Waals surface area contributed by atoms with E-state index in [9.17, 15) is 33.9 Å². The van der Waals surface area contributed by atoms with Crippen LogP contribution in [0.5, 0.6) is 0 Å². The lowest BCUT2D eigenvalue weighted by molar-refractivity contribution is -0.142. The second-order valence-corrected chi connectivity index (χ2v) is 12.2. The molecule has 0 unspecified atom stereocenters. The number of nitrogens with one attached hydrogen (secondary N) is 4. The van der Waals surface area contributed by atoms with Gasteiger partial charge in [-0.15, -0.1) is 0 Å². The number of carbonyl (C=O) groups excluding carboxylic acids is 4. The molecule has 0 aromatic heterocycles. The third-order valence-corrected chi connectivity index (χ3v) is 7.72. The molecule has 6 N–H and O–H groups in total. The molecule has 0 saturated heterocycles. The number of carboxylic acid groups (broad SMARTS) is 2. The Morgan fingerprint density at radius 1 is 0.500 bits per heavy atom. The Labute approximate surface area is 297 Å². The monoisotopic (exact) mass is 716 g/mol. The molecule has 0 saturated carbocycles. The number of amides is 4. The van der Waals surface area contributed by atoms with Crippen LogP contribution in [-0.2, 0) is 43.0 Å². The van der Waals surface area contributed by atoms with E-state index in [1.807, 2.05) is 0 Å². The lowest BCUT2D eigenvalue weighted by Crippen LogP contribution is -2.41. The van der Waals surface area contributed by atoms with Crippen molar-refractivity contribution in [3.8, 4) is 0 Å². The molecule has 15 nitrogen and oxygen atoms in total. The first-order chi connectivity index (χ1) is 24.1. The van der Waals surface area contributed by atoms with Crippen LogP contribution in [0.2, 0.25) is 0 Å². The average Bonchev–Trinajstić information content (AvgIpc) is 3.08. The summed E-state index contributed by atoms with van der Waals surface area (Å²) < 4.78 is 15.9. The van der Waals surface area contributed by atoms with Gasteiger partial charge in [0.2, 0.25) is 23.6 Å². The lowest BCUT2D eigenvalue weighted by atomic mass is 10.0. The van der Waals surface area contributed by atoms with Crippen LogP contribution in [0.15, 0.2) is 0 Å². The van der Waals surface area contributed by atoms with Crippen LogP contribution in [0.3, 0.4) is 0 Å². The third kappa shape index (κ3) is 33.2. The topological polar surface area (TPSA) is 219 Å². The Morgan fingerprint density at radius 3 is 1.44 bits per heavy atom. The SMILES string of the molecule is CCC(=O)NCCOCCNC(=O)COCCOCCNC(=O)CC[C@@H](NC(=O)CCCCCCCCCCCCCCCC(=O)O)C(=O)O. The van der Waals surface area contributed by atoms with E-state index in [2.05, 4.69) is 21.3 Å². The predicted octanol–water partition coefficient (Wildman–Crippen LogP) is 3.08. The number of aliphatic carboxylic acids is 2. The first-order valence-corrected chi connectivity index (χ1v) is 18.4. The summed E-state index contributed by atoms with van der Waals surface area (Å²) in [4.78, 5) is 69.3. The van der Waals surface area contributed by atoms with E-state index in [0.29, 0.717) is 39.1 Å². The Hall–Kier alpha value is -3.30. The summed E-state index contributed by atoms with van der Waals surface area (Å²) in [5.74, 6) is -2.90. The molecule has 1 atom stereocenters. The molecule has 0 aromatic rings. The largest absolute Gasteiger partial charge is 0.481 e. The minimum absolute atomic E-state index is 0.0162. The molecule has 0 aliphatic heterocycles. The van der Waals surface area contributed by atoms with Crippen LogP contribution >= 0.6 is 0 Å². The maximum atomic E-state index is 12.3. The molecular formula is C35H64N4O11. The van der Waals surface area contributed by atoms with E-state index < -0.39 is 18.0 Å². The van der Waals surface area contributed by atoms with Gasteiger partial charge >= 0.3 is 11.9 Å². The zero-order valence-electron chi connectivity index (χ0n) is 30.2. The zero-order valence-corrected chi connectivity index (χ0v) is 30.2. The van der Waals surface area contributed by atoms with Crippen molar-refractivity contribution in [2.24, 2.45) is 0 Å². The molecule has 0 rings (SSSR count). The van der Waals surface area contributed by atoms with E-state index in [4.69, 9.17) is 19.3 Å². The van der Waals surface area contributed by atoms with Crippen LogP contribution < -0.4 is 21.3 Å². The number of ether oxygens (including phenoxy) is 3. The Kier molecular flexibility index (Phi) is 31.9. The Bertz CT molecular complexity index is 936. The van der Waals surface area contributed by atoms with Crippen molar-refractivity contribution in [2.45, 2.75) is 129 Å². The maximum Gasteiger partial charge on any atom is 0.326 e. The highest BCUT2D eigenvalue weighted by Gasteiger charge is 2.20. The number of hydrogen-bond donors (Lipinski definition) is 6. The highest BCUT2D eigenvalue weighted by Crippen LogP contribution is 2.13. The Morgan fingerprint density at radius 2 is 0.940 bits per heavy atom. The van der Waals surface area contributed by atoms with E-state index in [-0.39, 0.29) is 82.3 Å². The van der Waals surface area contributed by atoms with E-state index >= 15 is 0 Å². The van der Waals surface area contributed by atoms with E-state index in [1.54, 1.807) is 6.92 Å². The van der Waals surface area contributed by atoms with Crippen molar-refractivity contribution in [3.63, 3.8) is 0 Å². The third-order valence-electron chi connectivity index (χ3n) is 7.72. The number of unbranched alkanes of at least 4 members (excludes halogenated alkanes) is 12. The summed E-state index contributed by atoms with van der Waals surface area (Å²) in [6, 6.07) is -1.13. The quantitative estimate of drug-likeness (QED) is 0.0518. The van der Waals surface area contributed by atoms with Crippen molar-refractivity contribution >= 4 is 35.6 Å². The summed E-state index contributed by atoms with van der Waals surface area (Å²) in [6.07, 6.45) is 14.6. The van der Waals surface area contributed by atoms with Crippen LogP contribution in [0.25, 0.3) is 0 Å². The molecule has 0 spiro atoms. The van der Waals surface area contributed by atoms with Gasteiger partial charge in [0, 0.05) is 45.3 Å². The minimum Gasteiger partial charge on any atom is -0.481 e. The van der Waals surface area contributed by atoms with Crippen molar-refractivity contribution < 1.29 is 53.2 Å². The normalized spacial score (nSPS) is 11.5. The fourth-order valence-electron chi connectivity index (χ4n) is 4.84. The highest BCUT2D eigenvalue weighted by atomic mass is 16.5. The zero-order chi connectivity index (χ0) is 37.1. The summed E-state index contributed by atoms with van der Waals surface area (Å²) in [5, 5.41) is 28.6. The van der Waals surface area contributed by atoms with E-state index in [0.717, 1.165) is 44.9 Å². The molecule has 0 fully saturated rings. The van der Waals surface area contributed by atoms with Gasteiger partial charge in [-0.05, 0) is 19.3 Å². The smallest absolute Gasteiger partial charge is 0.326 e. The van der Waals surface area contributed by atoms with Gasteiger partial charge in [0.15, 0.2) is 0 Å². The summed E-state index contributed by atoms with van der Waals surface area (Å²) in [7, 11) is 0. The molecule has 290 valence electrons. The molecule has 0 aliphatic carbocycles. The molecule has 0 aromatic carbocycles. The van der Waals surface area contributed by atoms with Gasteiger partial charge < -0.3 is 45.7 Å². The van der Waals surface area contributed by atoms with Gasteiger partial charge in [-0.25, -0.2) is 4.79 Å². The van der Waals surface area contributed by atoms with Gasteiger partial charge in [0.1, 0.15) is 12.6 Å². The molecule has 4 amide bonds. The van der Waals surface area contributed by atoms with Crippen molar-refractivity contribution in [1.29, 1.82) is 0 Å². The first kappa shape index (κ1) is 46.7. The summed E-state index contributed by atoms with van der Waals surface area (Å²) in [5.41, 5.74) is 0. The second kappa shape index (κ2) is 34.2. The average molecular weight is 717 g/mol. The summed E-state index contributed by atoms with van der Waals surface area (Å²) in [6.45, 7) is 3.93. The Balaban J connectivity index is 3.68. The molecule has 0 heterocycles. The fraction of sp³-hybridized carbons (Fsp3) is 0.829. The van der Waals surface area contributed by atoms with Crippen molar-refractivity contribution in [3.05, 3.63) is 0 Å². The van der Waals surface area contributed by atoms with Crippen molar-refractivity contribution in [1.82, 2.24) is 21.3 Å². The van der Waals surface area contributed by atoms with Gasteiger partial charge in [-0.2, -0.15) is 0 Å². The van der Waals surface area contributed by atoms with E-state index in [1.165, 1.54) is 32.1 Å². The van der Waals surface area contributed by atoms with Gasteiger partial charge in [-0.1, -0.05) is 77.6 Å². The fourth-order valence-corrected chi connectivity index (χ4v) is 4.84. The molecular weight excluding hydrogens is 652 g/mol. The maximum absolute atomic E-state index is 12.3. The first-order valence-electron chi connectivity index (χ1n) is 18.4. The number of hydrogen-bond acceptors (Lipinski definition) is 9. The predicted molar refractivity (Wildman–Crippen MR) is 187 cm³/mol. The molecule has 0 radical (unpaired) electrons. The van der Waals surface area contributed by atoms with Gasteiger partial charge in [0.25, 0.3) is 0 Å². The van der Waals surface area contributed by atoms with Gasteiger partial charge in [-0.3, -0.25) is 24.0 Å². The number of carbonyl (C=O) groups is 6. The van der Waals surface area contributed by atoms with Crippen LogP contribution in [-0.4, -0.2) is 111 Å². The highest BCUT2D eigenvalue weighted by molar-refractivity contribution is 5.84. The molecule has 15 heteroatoms. The summed E-state index contributed by atoms with van der Waals surface area (Å²) >= 11 is 0. The van der Waals surface area contributed by atoms with Crippen LogP contribution in [0, 0.1) is 0 Å². The van der Waals surface area contributed by atoms with Crippen LogP contribution in [0.1, 0.15) is 122 Å². The van der Waals surface area contributed by atoms with Gasteiger partial charge in [0.05, 0.1) is 33.0 Å². The number of carboxylic acids is 2. The molecule has 0 bridgehead atoms. The number of rotatable bonds is 36. The molecule has 50 heavy (non-hydrogen) atoms. The lowest BCUT2D eigenvalue weighted by Gasteiger charge is -2.14. The minimum atomic E-state index is -1.18. The van der Waals surface area contributed by atoms with Crippen LogP contribution in [0.4, 0.5) is 0 Å². The van der Waals surface area contributed by atoms with Crippen molar-refractivity contribution in [2.75, 3.05) is 59.3 Å². The standard InChI is InChI=1S/C35H64N4O11/c1-2-30(40)36-20-23-48-24-22-38-33(43)28-50-27-26-49-25-21-37-31(41)19-18-29(35(46)47)39-32(42)16-14-12-10-8-6-4-3-5-7-9-11-13-15-17-34(44)45/h29H,2-28H2,1H3,(H,36,40)(H,37,41)(H,38,43)(H,39,42)(H,44,45)(H,46,47)/t29-/m1/s1. The molecule has 0 aliphatic rings. The second-order valence-electron chi connectivity index (χ2n) is 12.2.